The molecule has 82 valence electrons. The summed E-state index contributed by atoms with van der Waals surface area (Å²) >= 11 is 0. The van der Waals surface area contributed by atoms with Gasteiger partial charge in [0.15, 0.2) is 0 Å². The third-order valence-corrected chi connectivity index (χ3v) is 2.97. The van der Waals surface area contributed by atoms with Crippen LogP contribution in [0.4, 0.5) is 5.69 Å². The van der Waals surface area contributed by atoms with Crippen LogP contribution in [0.3, 0.4) is 0 Å². The molecule has 0 amide bonds. The molecule has 1 aromatic rings. The lowest BCUT2D eigenvalue weighted by atomic mass is 9.95. The first-order valence-corrected chi connectivity index (χ1v) is 5.75. The number of aryl methyl sites for hydroxylation is 1. The molecular formula is C13H20N2. The van der Waals surface area contributed by atoms with Gasteiger partial charge in [-0.05, 0) is 30.5 Å². The quantitative estimate of drug-likeness (QED) is 0.772. The Balaban J connectivity index is 2.15. The molecule has 0 aromatic heterocycles. The second-order valence-corrected chi connectivity index (χ2v) is 4.70. The van der Waals surface area contributed by atoms with Gasteiger partial charge in [0.25, 0.3) is 0 Å². The lowest BCUT2D eigenvalue weighted by Crippen LogP contribution is -2.43. The molecule has 1 aromatic carbocycles. The van der Waals surface area contributed by atoms with Crippen LogP contribution in [0, 0.1) is 6.92 Å². The molecule has 0 aliphatic carbocycles. The third-order valence-electron chi connectivity index (χ3n) is 2.97. The van der Waals surface area contributed by atoms with E-state index in [1.807, 2.05) is 0 Å². The van der Waals surface area contributed by atoms with E-state index >= 15 is 0 Å². The third kappa shape index (κ3) is 2.32. The Labute approximate surface area is 92.1 Å². The molecule has 1 atom stereocenters. The summed E-state index contributed by atoms with van der Waals surface area (Å²) in [6.45, 7) is 7.63. The smallest absolute Gasteiger partial charge is 0.0376 e. The minimum atomic E-state index is 0.558. The van der Waals surface area contributed by atoms with Crippen molar-refractivity contribution in [2.24, 2.45) is 0 Å². The minimum Gasteiger partial charge on any atom is -0.383 e. The predicted molar refractivity (Wildman–Crippen MR) is 65.4 cm³/mol. The first kappa shape index (κ1) is 10.5. The number of anilines is 1. The molecule has 1 heterocycles. The van der Waals surface area contributed by atoms with E-state index in [1.54, 1.807) is 0 Å². The fourth-order valence-electron chi connectivity index (χ4n) is 2.28. The first-order chi connectivity index (χ1) is 7.16. The largest absolute Gasteiger partial charge is 0.383 e. The molecule has 0 saturated heterocycles. The lowest BCUT2D eigenvalue weighted by molar-refractivity contribution is 0.466. The number of hydrogen-bond acceptors (Lipinski definition) is 2. The van der Waals surface area contributed by atoms with Crippen LogP contribution in [0.25, 0.3) is 0 Å². The van der Waals surface area contributed by atoms with Crippen molar-refractivity contribution in [2.45, 2.75) is 39.3 Å². The van der Waals surface area contributed by atoms with Gasteiger partial charge >= 0.3 is 0 Å². The van der Waals surface area contributed by atoms with Gasteiger partial charge in [0.1, 0.15) is 0 Å². The molecule has 0 fully saturated rings. The second kappa shape index (κ2) is 4.23. The van der Waals surface area contributed by atoms with Gasteiger partial charge in [-0.15, -0.1) is 0 Å². The Kier molecular flexibility index (Phi) is 2.96. The maximum Gasteiger partial charge on any atom is 0.0376 e. The summed E-state index contributed by atoms with van der Waals surface area (Å²) in [6.07, 6.45) is 1.15. The maximum absolute atomic E-state index is 3.59. The van der Waals surface area contributed by atoms with E-state index in [0.717, 1.165) is 13.0 Å². The highest BCUT2D eigenvalue weighted by Crippen LogP contribution is 2.24. The fraction of sp³-hybridized carbons (Fsp3) is 0.538. The molecule has 15 heavy (non-hydrogen) atoms. The van der Waals surface area contributed by atoms with E-state index in [4.69, 9.17) is 0 Å². The van der Waals surface area contributed by atoms with Crippen molar-refractivity contribution in [3.8, 4) is 0 Å². The number of fused-ring (bicyclic) bond motifs is 1. The zero-order chi connectivity index (χ0) is 10.8. The van der Waals surface area contributed by atoms with Crippen LogP contribution in [0.1, 0.15) is 25.0 Å². The summed E-state index contributed by atoms with van der Waals surface area (Å²) in [5, 5.41) is 7.08. The van der Waals surface area contributed by atoms with Crippen LogP contribution in [0.2, 0.25) is 0 Å². The zero-order valence-corrected chi connectivity index (χ0v) is 9.80. The van der Waals surface area contributed by atoms with E-state index in [2.05, 4.69) is 49.6 Å². The van der Waals surface area contributed by atoms with Gasteiger partial charge in [-0.3, -0.25) is 0 Å². The van der Waals surface area contributed by atoms with Crippen molar-refractivity contribution in [3.05, 3.63) is 29.3 Å². The predicted octanol–water partition coefficient (Wildman–Crippen LogP) is 2.33. The standard InChI is InChI=1S/C13H20N2/c1-9(2)15-11-7-12-10(3)5-4-6-13(12)14-8-11/h4-6,9,11,14-15H,7-8H2,1-3H3. The summed E-state index contributed by atoms with van der Waals surface area (Å²) in [5.74, 6) is 0. The van der Waals surface area contributed by atoms with Crippen LogP contribution in [0.15, 0.2) is 18.2 Å². The first-order valence-electron chi connectivity index (χ1n) is 5.75. The van der Waals surface area contributed by atoms with Gasteiger partial charge in [-0.1, -0.05) is 26.0 Å². The maximum atomic E-state index is 3.59. The van der Waals surface area contributed by atoms with Gasteiger partial charge in [0.2, 0.25) is 0 Å². The molecule has 2 heteroatoms. The van der Waals surface area contributed by atoms with Crippen molar-refractivity contribution >= 4 is 5.69 Å². The molecule has 1 unspecified atom stereocenters. The van der Waals surface area contributed by atoms with Crippen molar-refractivity contribution < 1.29 is 0 Å². The van der Waals surface area contributed by atoms with Crippen molar-refractivity contribution in [3.63, 3.8) is 0 Å². The molecule has 2 rings (SSSR count). The number of nitrogens with one attached hydrogen (secondary N) is 2. The lowest BCUT2D eigenvalue weighted by Gasteiger charge is -2.29. The summed E-state index contributed by atoms with van der Waals surface area (Å²) < 4.78 is 0. The van der Waals surface area contributed by atoms with E-state index in [-0.39, 0.29) is 0 Å². The topological polar surface area (TPSA) is 24.1 Å². The summed E-state index contributed by atoms with van der Waals surface area (Å²) in [7, 11) is 0. The molecule has 0 radical (unpaired) electrons. The molecular weight excluding hydrogens is 184 g/mol. The van der Waals surface area contributed by atoms with Crippen molar-refractivity contribution in [2.75, 3.05) is 11.9 Å². The van der Waals surface area contributed by atoms with Crippen molar-refractivity contribution in [1.29, 1.82) is 0 Å². The van der Waals surface area contributed by atoms with Crippen LogP contribution >= 0.6 is 0 Å². The molecule has 1 aliphatic rings. The highest BCUT2D eigenvalue weighted by Gasteiger charge is 2.19. The molecule has 0 spiro atoms. The fourth-order valence-corrected chi connectivity index (χ4v) is 2.28. The summed E-state index contributed by atoms with van der Waals surface area (Å²) in [4.78, 5) is 0. The van der Waals surface area contributed by atoms with Crippen LogP contribution in [-0.2, 0) is 6.42 Å². The van der Waals surface area contributed by atoms with Gasteiger partial charge in [0, 0.05) is 24.3 Å². The Hall–Kier alpha value is -1.02. The molecule has 2 nitrogen and oxygen atoms in total. The van der Waals surface area contributed by atoms with Crippen LogP contribution < -0.4 is 10.6 Å². The molecule has 1 aliphatic heterocycles. The Morgan fingerprint density at radius 2 is 2.20 bits per heavy atom. The molecule has 2 N–H and O–H groups in total. The Morgan fingerprint density at radius 3 is 2.93 bits per heavy atom. The van der Waals surface area contributed by atoms with E-state index in [1.165, 1.54) is 16.8 Å². The van der Waals surface area contributed by atoms with Gasteiger partial charge in [-0.2, -0.15) is 0 Å². The zero-order valence-electron chi connectivity index (χ0n) is 9.80. The monoisotopic (exact) mass is 204 g/mol. The van der Waals surface area contributed by atoms with Gasteiger partial charge in [0.05, 0.1) is 0 Å². The average Bonchev–Trinajstić information content (AvgIpc) is 2.18. The minimum absolute atomic E-state index is 0.558. The Morgan fingerprint density at radius 1 is 1.40 bits per heavy atom. The normalized spacial score (nSPS) is 19.9. The SMILES string of the molecule is Cc1cccc2c1CC(NC(C)C)CN2. The van der Waals surface area contributed by atoms with Crippen molar-refractivity contribution in [1.82, 2.24) is 5.32 Å². The molecule has 0 saturated carbocycles. The van der Waals surface area contributed by atoms with E-state index < -0.39 is 0 Å². The van der Waals surface area contributed by atoms with Crippen LogP contribution in [0.5, 0.6) is 0 Å². The summed E-state index contributed by atoms with van der Waals surface area (Å²) in [5.41, 5.74) is 4.19. The number of benzene rings is 1. The highest BCUT2D eigenvalue weighted by atomic mass is 15.0. The highest BCUT2D eigenvalue weighted by molar-refractivity contribution is 5.56. The Bertz CT molecular complexity index is 344. The van der Waals surface area contributed by atoms with E-state index in [0.29, 0.717) is 12.1 Å². The number of hydrogen-bond donors (Lipinski definition) is 2. The molecule has 0 bridgehead atoms. The van der Waals surface area contributed by atoms with Gasteiger partial charge in [-0.25, -0.2) is 0 Å². The second-order valence-electron chi connectivity index (χ2n) is 4.70. The summed E-state index contributed by atoms with van der Waals surface area (Å²) in [6, 6.07) is 7.62. The average molecular weight is 204 g/mol. The van der Waals surface area contributed by atoms with Gasteiger partial charge < -0.3 is 10.6 Å². The number of rotatable bonds is 2. The van der Waals surface area contributed by atoms with E-state index in [9.17, 15) is 0 Å². The van der Waals surface area contributed by atoms with Crippen LogP contribution in [-0.4, -0.2) is 18.6 Å².